The summed E-state index contributed by atoms with van der Waals surface area (Å²) in [7, 11) is 0. The topological polar surface area (TPSA) is 98.3 Å². The van der Waals surface area contributed by atoms with E-state index in [4.69, 9.17) is 10.5 Å². The molecule has 0 spiro atoms. The van der Waals surface area contributed by atoms with Crippen LogP contribution in [0, 0.1) is 5.82 Å². The lowest BCUT2D eigenvalue weighted by atomic mass is 10.0. The van der Waals surface area contributed by atoms with Crippen LogP contribution < -0.4 is 11.1 Å². The predicted octanol–water partition coefficient (Wildman–Crippen LogP) is 3.68. The van der Waals surface area contributed by atoms with Crippen molar-refractivity contribution in [1.29, 1.82) is 0 Å². The van der Waals surface area contributed by atoms with E-state index in [9.17, 15) is 13.2 Å². The molecule has 0 fully saturated rings. The van der Waals surface area contributed by atoms with Crippen molar-refractivity contribution in [2.45, 2.75) is 18.9 Å². The summed E-state index contributed by atoms with van der Waals surface area (Å²) in [5, 5.41) is 2.65. The molecule has 3 heterocycles. The molecule has 3 aromatic rings. The monoisotopic (exact) mass is 394 g/mol. The van der Waals surface area contributed by atoms with Gasteiger partial charge in [0.15, 0.2) is 10.8 Å². The number of aromatic nitrogens is 3. The van der Waals surface area contributed by atoms with E-state index in [0.29, 0.717) is 29.1 Å². The van der Waals surface area contributed by atoms with Crippen LogP contribution in [0.4, 0.5) is 24.7 Å². The molecule has 4 rings (SSSR count). The molecule has 7 nitrogen and oxygen atoms in total. The van der Waals surface area contributed by atoms with Gasteiger partial charge in [0.25, 0.3) is 12.4 Å². The number of nitrogens with zero attached hydrogens (tertiary/aromatic N) is 4. The van der Waals surface area contributed by atoms with Gasteiger partial charge in [0.1, 0.15) is 22.5 Å². The largest absolute Gasteiger partial charge is 0.465 e. The Kier molecular flexibility index (Phi) is 4.52. The maximum atomic E-state index is 14.3. The number of ether oxygens (including phenoxy) is 1. The van der Waals surface area contributed by atoms with Crippen molar-refractivity contribution in [3.63, 3.8) is 0 Å². The van der Waals surface area contributed by atoms with Crippen molar-refractivity contribution in [2.75, 3.05) is 11.9 Å². The maximum absolute atomic E-state index is 14.3. The molecular weight excluding hydrogens is 381 g/mol. The smallest absolute Gasteiger partial charge is 0.289 e. The molecule has 27 heavy (non-hydrogen) atoms. The number of halogens is 3. The number of thiazole rings is 1. The number of anilines is 2. The third kappa shape index (κ3) is 3.50. The highest BCUT2D eigenvalue weighted by Gasteiger charge is 2.21. The molecule has 1 aliphatic rings. The van der Waals surface area contributed by atoms with Gasteiger partial charge in [-0.1, -0.05) is 11.3 Å². The Bertz CT molecular complexity index is 1020. The lowest BCUT2D eigenvalue weighted by Crippen LogP contribution is -2.24. The molecular formula is C16H13F3N6OS. The maximum Gasteiger partial charge on any atom is 0.289 e. The zero-order chi connectivity index (χ0) is 19.0. The molecule has 0 amide bonds. The third-order valence-corrected chi connectivity index (χ3v) is 4.91. The molecule has 11 heteroatoms. The van der Waals surface area contributed by atoms with Crippen LogP contribution in [0.1, 0.15) is 29.5 Å². The minimum Gasteiger partial charge on any atom is -0.465 e. The van der Waals surface area contributed by atoms with Crippen LogP contribution in [0.3, 0.4) is 0 Å². The van der Waals surface area contributed by atoms with Gasteiger partial charge in [0, 0.05) is 17.7 Å². The van der Waals surface area contributed by atoms with Crippen molar-refractivity contribution in [3.05, 3.63) is 40.9 Å². The summed E-state index contributed by atoms with van der Waals surface area (Å²) < 4.78 is 45.1. The molecule has 0 radical (unpaired) electrons. The number of fused-ring (bicyclic) bond motifs is 1. The van der Waals surface area contributed by atoms with Crippen molar-refractivity contribution in [3.8, 4) is 0 Å². The zero-order valence-electron chi connectivity index (χ0n) is 13.7. The summed E-state index contributed by atoms with van der Waals surface area (Å²) in [5.41, 5.74) is 6.66. The molecule has 1 atom stereocenters. The summed E-state index contributed by atoms with van der Waals surface area (Å²) in [5.74, 6) is -0.166. The first-order valence-corrected chi connectivity index (χ1v) is 8.75. The predicted molar refractivity (Wildman–Crippen MR) is 94.8 cm³/mol. The molecule has 1 aromatic carbocycles. The van der Waals surface area contributed by atoms with E-state index in [1.165, 1.54) is 18.5 Å². The average molecular weight is 394 g/mol. The van der Waals surface area contributed by atoms with Crippen LogP contribution in [0.25, 0.3) is 10.3 Å². The van der Waals surface area contributed by atoms with Crippen LogP contribution in [0.15, 0.2) is 29.5 Å². The Labute approximate surface area is 155 Å². The van der Waals surface area contributed by atoms with E-state index < -0.39 is 18.3 Å². The molecule has 1 aliphatic heterocycles. The highest BCUT2D eigenvalue weighted by molar-refractivity contribution is 7.18. The standard InChI is InChI=1S/C16H13F3N6OS/c17-9-2-1-7(5-8(9)10-3-4-26-16(20)24-10)23-13-11-14(22-6-21-13)27-15(25-11)12(18)19/h1-2,5-6,10,12H,3-4H2,(H2,20,24)(H,21,22,23). The van der Waals surface area contributed by atoms with Gasteiger partial charge >= 0.3 is 0 Å². The second-order valence-electron chi connectivity index (χ2n) is 5.71. The molecule has 0 saturated carbocycles. The van der Waals surface area contributed by atoms with E-state index in [1.807, 2.05) is 0 Å². The summed E-state index contributed by atoms with van der Waals surface area (Å²) in [6, 6.07) is 3.94. The molecule has 0 aliphatic carbocycles. The Balaban J connectivity index is 1.68. The van der Waals surface area contributed by atoms with Gasteiger partial charge in [0.2, 0.25) is 0 Å². The quantitative estimate of drug-likeness (QED) is 0.700. The van der Waals surface area contributed by atoms with E-state index in [2.05, 4.69) is 25.3 Å². The number of alkyl halides is 2. The molecule has 140 valence electrons. The SMILES string of the molecule is NC1=NC(c2cc(Nc3ncnc4sc(C(F)F)nc34)ccc2F)CCO1. The van der Waals surface area contributed by atoms with Crippen molar-refractivity contribution in [1.82, 2.24) is 15.0 Å². The highest BCUT2D eigenvalue weighted by atomic mass is 32.1. The van der Waals surface area contributed by atoms with Crippen molar-refractivity contribution >= 4 is 39.2 Å². The fourth-order valence-corrected chi connectivity index (χ4v) is 3.49. The lowest BCUT2D eigenvalue weighted by Gasteiger charge is -2.20. The van der Waals surface area contributed by atoms with Crippen LogP contribution >= 0.6 is 11.3 Å². The zero-order valence-corrected chi connectivity index (χ0v) is 14.5. The number of amidine groups is 1. The number of nitrogens with two attached hydrogens (primary N) is 1. The van der Waals surface area contributed by atoms with Crippen molar-refractivity contribution < 1.29 is 17.9 Å². The van der Waals surface area contributed by atoms with Crippen LogP contribution in [0.2, 0.25) is 0 Å². The second-order valence-corrected chi connectivity index (χ2v) is 6.72. The number of benzene rings is 1. The average Bonchev–Trinajstić information content (AvgIpc) is 3.09. The minimum absolute atomic E-state index is 0.0172. The van der Waals surface area contributed by atoms with E-state index >= 15 is 0 Å². The number of hydrogen-bond donors (Lipinski definition) is 2. The number of nitrogens with one attached hydrogen (secondary N) is 1. The molecule has 0 saturated heterocycles. The number of rotatable bonds is 4. The summed E-state index contributed by atoms with van der Waals surface area (Å²) >= 11 is 0.801. The normalized spacial score (nSPS) is 17.0. The van der Waals surface area contributed by atoms with Crippen molar-refractivity contribution in [2.24, 2.45) is 10.7 Å². The van der Waals surface area contributed by atoms with E-state index in [1.54, 1.807) is 6.07 Å². The number of hydrogen-bond acceptors (Lipinski definition) is 8. The number of aliphatic imine (C=N–C) groups is 1. The minimum atomic E-state index is -2.69. The first-order chi connectivity index (χ1) is 13.0. The van der Waals surface area contributed by atoms with Gasteiger partial charge in [-0.2, -0.15) is 0 Å². The first-order valence-electron chi connectivity index (χ1n) is 7.93. The Hall–Kier alpha value is -2.95. The Morgan fingerprint density at radius 2 is 2.15 bits per heavy atom. The van der Waals surface area contributed by atoms with E-state index in [0.717, 1.165) is 11.3 Å². The van der Waals surface area contributed by atoms with Crippen LogP contribution in [-0.2, 0) is 4.74 Å². The second kappa shape index (κ2) is 6.99. The molecule has 2 aromatic heterocycles. The first kappa shape index (κ1) is 17.5. The lowest BCUT2D eigenvalue weighted by molar-refractivity contribution is 0.151. The fourth-order valence-electron chi connectivity index (χ4n) is 2.72. The Morgan fingerprint density at radius 1 is 1.30 bits per heavy atom. The van der Waals surface area contributed by atoms with Crippen LogP contribution in [-0.4, -0.2) is 27.6 Å². The fraction of sp³-hybridized carbons (Fsp3) is 0.250. The van der Waals surface area contributed by atoms with Crippen LogP contribution in [0.5, 0.6) is 0 Å². The summed E-state index contributed by atoms with van der Waals surface area (Å²) in [6.45, 7) is 0.346. The molecule has 1 unspecified atom stereocenters. The summed E-state index contributed by atoms with van der Waals surface area (Å²) in [6.07, 6.45) is -0.944. The summed E-state index contributed by atoms with van der Waals surface area (Å²) in [4.78, 5) is 16.4. The van der Waals surface area contributed by atoms with Gasteiger partial charge in [-0.3, -0.25) is 0 Å². The highest BCUT2D eigenvalue weighted by Crippen LogP contribution is 2.33. The van der Waals surface area contributed by atoms with Gasteiger partial charge in [0.05, 0.1) is 12.6 Å². The molecule has 3 N–H and O–H groups in total. The van der Waals surface area contributed by atoms with E-state index in [-0.39, 0.29) is 22.4 Å². The van der Waals surface area contributed by atoms with Gasteiger partial charge < -0.3 is 15.8 Å². The van der Waals surface area contributed by atoms with Gasteiger partial charge in [-0.25, -0.2) is 33.1 Å². The van der Waals surface area contributed by atoms with Gasteiger partial charge in [-0.05, 0) is 18.2 Å². The Morgan fingerprint density at radius 3 is 2.93 bits per heavy atom. The third-order valence-electron chi connectivity index (χ3n) is 3.94. The molecule has 0 bridgehead atoms. The van der Waals surface area contributed by atoms with Gasteiger partial charge in [-0.15, -0.1) is 0 Å².